The number of alkyl halides is 3. The Morgan fingerprint density at radius 2 is 1.65 bits per heavy atom. The van der Waals surface area contributed by atoms with Crippen LogP contribution in [-0.4, -0.2) is 36.3 Å². The second-order valence-corrected chi connectivity index (χ2v) is 14.5. The second kappa shape index (κ2) is 11.8. The maximum absolute atomic E-state index is 13.8. The van der Waals surface area contributed by atoms with Gasteiger partial charge in [0.2, 0.25) is 5.69 Å². The van der Waals surface area contributed by atoms with Crippen molar-refractivity contribution >= 4 is 22.9 Å². The molecule has 0 spiro atoms. The summed E-state index contributed by atoms with van der Waals surface area (Å²) in [5.41, 5.74) is 2.84. The molecule has 0 unspecified atom stereocenters. The number of hydrogen-bond donors (Lipinski definition) is 0. The van der Waals surface area contributed by atoms with E-state index in [-0.39, 0.29) is 22.7 Å². The normalized spacial score (nSPS) is 20.4. The third-order valence-corrected chi connectivity index (χ3v) is 9.69. The molecule has 0 aromatic heterocycles. The van der Waals surface area contributed by atoms with Gasteiger partial charge in [-0.05, 0) is 68.0 Å². The maximum Gasteiger partial charge on any atom is 0.416 e. The van der Waals surface area contributed by atoms with Crippen molar-refractivity contribution < 1.29 is 32.4 Å². The van der Waals surface area contributed by atoms with Gasteiger partial charge >= 0.3 is 6.18 Å². The predicted octanol–water partition coefficient (Wildman–Crippen LogP) is 7.99. The first-order chi connectivity index (χ1) is 21.4. The number of anilines is 1. The van der Waals surface area contributed by atoms with Crippen molar-refractivity contribution in [3.8, 4) is 5.75 Å². The molecule has 246 valence electrons. The van der Waals surface area contributed by atoms with E-state index in [2.05, 4.69) is 46.1 Å². The van der Waals surface area contributed by atoms with E-state index in [1.165, 1.54) is 12.1 Å². The number of allylic oxidation sites excluding steroid dienone is 5. The van der Waals surface area contributed by atoms with Gasteiger partial charge in [-0.15, -0.1) is 0 Å². The lowest BCUT2D eigenvalue weighted by atomic mass is 9.77. The van der Waals surface area contributed by atoms with Crippen LogP contribution in [-0.2, 0) is 21.8 Å². The quantitative estimate of drug-likeness (QED) is 0.207. The zero-order chi connectivity index (χ0) is 33.9. The molecule has 0 saturated heterocycles. The minimum absolute atomic E-state index is 0.0629. The van der Waals surface area contributed by atoms with Crippen molar-refractivity contribution in [2.75, 3.05) is 25.1 Å². The lowest BCUT2D eigenvalue weighted by Crippen LogP contribution is -2.35. The van der Waals surface area contributed by atoms with Gasteiger partial charge in [-0.25, -0.2) is 0 Å². The molecular formula is C38H45F3N2O3. The fourth-order valence-corrected chi connectivity index (χ4v) is 6.93. The smallest absolute Gasteiger partial charge is 0.416 e. The van der Waals surface area contributed by atoms with Crippen molar-refractivity contribution in [2.24, 2.45) is 11.8 Å². The third-order valence-electron chi connectivity index (χ3n) is 9.69. The lowest BCUT2D eigenvalue weighted by Gasteiger charge is -2.33. The van der Waals surface area contributed by atoms with Crippen molar-refractivity contribution in [2.45, 2.75) is 85.2 Å². The molecule has 0 amide bonds. The second-order valence-electron chi connectivity index (χ2n) is 14.5. The molecule has 0 radical (unpaired) electrons. The Morgan fingerprint density at radius 3 is 2.24 bits per heavy atom. The van der Waals surface area contributed by atoms with E-state index in [9.17, 15) is 23.1 Å². The molecule has 5 rings (SSSR count). The highest BCUT2D eigenvalue weighted by molar-refractivity contribution is 6.24. The van der Waals surface area contributed by atoms with Crippen molar-refractivity contribution in [1.29, 1.82) is 0 Å². The number of halogens is 3. The van der Waals surface area contributed by atoms with Crippen molar-refractivity contribution in [1.82, 2.24) is 0 Å². The zero-order valence-electron chi connectivity index (χ0n) is 28.4. The van der Waals surface area contributed by atoms with E-state index < -0.39 is 22.6 Å². The number of carbonyl (C=O) groups excluding carboxylic acids is 1. The van der Waals surface area contributed by atoms with Crippen LogP contribution in [0.2, 0.25) is 0 Å². The summed E-state index contributed by atoms with van der Waals surface area (Å²) < 4.78 is 49.0. The largest absolute Gasteiger partial charge is 0.871 e. The molecule has 0 bridgehead atoms. The standard InChI is InChI=1S/C38H45F3N2O3/c1-22(2)15-17-42-28-14-13-24(38(39,40)41)19-27(28)36(5,6)31(42)20-25-34(44)26(35(25)45)21-32-37(7,8)33-29(11-10-12-30(33)46-9)43(32)18-16-23(3)4/h10-14,19-23H,15-18H2,1-9H3. The number of carbonyl (C=O) groups is 1. The van der Waals surface area contributed by atoms with Crippen molar-refractivity contribution in [3.63, 3.8) is 0 Å². The van der Waals surface area contributed by atoms with E-state index in [0.29, 0.717) is 35.3 Å². The highest BCUT2D eigenvalue weighted by Crippen LogP contribution is 2.51. The zero-order valence-corrected chi connectivity index (χ0v) is 28.4. The summed E-state index contributed by atoms with van der Waals surface area (Å²) in [6, 6.07) is 9.75. The highest BCUT2D eigenvalue weighted by atomic mass is 19.4. The molecule has 2 aromatic carbocycles. The van der Waals surface area contributed by atoms with Crippen molar-refractivity contribution in [3.05, 3.63) is 87.8 Å². The van der Waals surface area contributed by atoms with Crippen LogP contribution in [0.15, 0.2) is 71.2 Å². The summed E-state index contributed by atoms with van der Waals surface area (Å²) in [6.45, 7) is 17.6. The first-order valence-electron chi connectivity index (χ1n) is 16.1. The number of benzene rings is 2. The Bertz CT molecular complexity index is 1700. The number of methoxy groups -OCH3 is 1. The molecule has 0 fully saturated rings. The third kappa shape index (κ3) is 5.58. The summed E-state index contributed by atoms with van der Waals surface area (Å²) in [5.74, 6) is 0.866. The molecule has 2 aromatic rings. The van der Waals surface area contributed by atoms with Crippen LogP contribution in [0.1, 0.15) is 84.9 Å². The molecular weight excluding hydrogens is 589 g/mol. The first-order valence-corrected chi connectivity index (χ1v) is 16.1. The van der Waals surface area contributed by atoms with E-state index in [0.717, 1.165) is 48.2 Å². The van der Waals surface area contributed by atoms with Crippen LogP contribution in [0.25, 0.3) is 0 Å². The van der Waals surface area contributed by atoms with Crippen LogP contribution in [0.4, 0.5) is 24.5 Å². The van der Waals surface area contributed by atoms with Gasteiger partial charge in [-0.1, -0.05) is 53.4 Å². The molecule has 0 saturated carbocycles. The average Bonchev–Trinajstić information content (AvgIpc) is 3.33. The summed E-state index contributed by atoms with van der Waals surface area (Å²) in [7, 11) is 1.64. The van der Waals surface area contributed by atoms with Gasteiger partial charge in [-0.2, -0.15) is 17.7 Å². The number of hydrogen-bond acceptors (Lipinski definition) is 4. The van der Waals surface area contributed by atoms with Gasteiger partial charge < -0.3 is 14.7 Å². The summed E-state index contributed by atoms with van der Waals surface area (Å²) in [6.07, 6.45) is 0.594. The van der Waals surface area contributed by atoms with Gasteiger partial charge in [0.05, 0.1) is 23.7 Å². The van der Waals surface area contributed by atoms with Gasteiger partial charge in [0, 0.05) is 53.1 Å². The first kappa shape index (κ1) is 33.6. The van der Waals surface area contributed by atoms with E-state index >= 15 is 0 Å². The van der Waals surface area contributed by atoms with E-state index in [4.69, 9.17) is 4.74 Å². The van der Waals surface area contributed by atoms with Crippen LogP contribution >= 0.6 is 0 Å². The monoisotopic (exact) mass is 634 g/mol. The Morgan fingerprint density at radius 1 is 0.978 bits per heavy atom. The van der Waals surface area contributed by atoms with Gasteiger partial charge in [0.1, 0.15) is 12.3 Å². The van der Waals surface area contributed by atoms with E-state index in [1.807, 2.05) is 36.9 Å². The van der Waals surface area contributed by atoms with Crippen LogP contribution in [0, 0.1) is 11.8 Å². The molecule has 3 aliphatic rings. The summed E-state index contributed by atoms with van der Waals surface area (Å²) in [4.78, 5) is 15.8. The molecule has 8 heteroatoms. The molecule has 0 atom stereocenters. The van der Waals surface area contributed by atoms with E-state index in [1.54, 1.807) is 19.3 Å². The minimum Gasteiger partial charge on any atom is -0.871 e. The number of fused-ring (bicyclic) bond motifs is 2. The lowest BCUT2D eigenvalue weighted by molar-refractivity contribution is -0.439. The minimum atomic E-state index is -4.48. The highest BCUT2D eigenvalue weighted by Gasteiger charge is 2.48. The Balaban J connectivity index is 1.60. The topological polar surface area (TPSA) is 55.6 Å². The molecule has 1 aliphatic carbocycles. The summed E-state index contributed by atoms with van der Waals surface area (Å²) in [5, 5.41) is 13.8. The predicted molar refractivity (Wildman–Crippen MR) is 175 cm³/mol. The van der Waals surface area contributed by atoms with Gasteiger partial charge in [0.25, 0.3) is 0 Å². The fourth-order valence-electron chi connectivity index (χ4n) is 6.93. The SMILES string of the molecule is COc1cccc2c1C(C)(C)C(/C=C1/C(=O)C(/C=C3/N(CCC(C)C)c4ccc(C(F)(F)F)cc4C3(C)C)=C1[O-])=[N+]2CCC(C)C. The Kier molecular flexibility index (Phi) is 8.58. The van der Waals surface area contributed by atoms with Gasteiger partial charge in [-0.3, -0.25) is 4.79 Å². The fraction of sp³-hybridized carbons (Fsp3) is 0.474. The summed E-state index contributed by atoms with van der Waals surface area (Å²) >= 11 is 0. The number of Topliss-reactive ketones (excluding diaryl/α,β-unsaturated/α-hetero) is 1. The molecule has 46 heavy (non-hydrogen) atoms. The Labute approximate surface area is 270 Å². The molecule has 2 heterocycles. The number of ether oxygens (including phenoxy) is 1. The number of nitrogens with zero attached hydrogens (tertiary/aromatic N) is 2. The van der Waals surface area contributed by atoms with Crippen LogP contribution < -0.4 is 14.7 Å². The maximum atomic E-state index is 13.8. The van der Waals surface area contributed by atoms with Crippen LogP contribution in [0.3, 0.4) is 0 Å². The number of rotatable bonds is 9. The molecule has 2 aliphatic heterocycles. The van der Waals surface area contributed by atoms with Gasteiger partial charge in [0.15, 0.2) is 11.5 Å². The van der Waals surface area contributed by atoms with Crippen LogP contribution in [0.5, 0.6) is 5.75 Å². The Hall–Kier alpha value is -3.81. The number of ketones is 1. The molecule has 0 N–H and O–H groups in total. The average molecular weight is 635 g/mol. The molecule has 5 nitrogen and oxygen atoms in total.